The van der Waals surface area contributed by atoms with Crippen molar-refractivity contribution in [3.05, 3.63) is 33.6 Å². The molecule has 6 nitrogen and oxygen atoms in total. The maximum atomic E-state index is 5.40. The van der Waals surface area contributed by atoms with Crippen LogP contribution in [0.4, 0.5) is 5.95 Å². The van der Waals surface area contributed by atoms with E-state index in [1.54, 1.807) is 22.7 Å². The minimum Gasteiger partial charge on any atom is -0.379 e. The van der Waals surface area contributed by atoms with E-state index >= 15 is 0 Å². The first-order chi connectivity index (χ1) is 13.2. The molecule has 0 atom stereocenters. The van der Waals surface area contributed by atoms with Crippen LogP contribution in [0.5, 0.6) is 0 Å². The summed E-state index contributed by atoms with van der Waals surface area (Å²) in [4.78, 5) is 17.7. The highest BCUT2D eigenvalue weighted by Gasteiger charge is 2.16. The van der Waals surface area contributed by atoms with Gasteiger partial charge in [0.05, 0.1) is 18.9 Å². The molecule has 1 fully saturated rings. The largest absolute Gasteiger partial charge is 0.379 e. The zero-order chi connectivity index (χ0) is 18.6. The zero-order valence-corrected chi connectivity index (χ0v) is 17.2. The highest BCUT2D eigenvalue weighted by Crippen LogP contribution is 2.35. The molecule has 27 heavy (non-hydrogen) atoms. The van der Waals surface area contributed by atoms with Crippen LogP contribution >= 0.6 is 22.7 Å². The molecule has 1 aliphatic rings. The molecule has 3 aromatic rings. The fraction of sp³-hybridized carbons (Fsp3) is 0.421. The summed E-state index contributed by atoms with van der Waals surface area (Å²) < 4.78 is 5.40. The molecule has 8 heteroatoms. The number of aryl methyl sites for hydroxylation is 2. The van der Waals surface area contributed by atoms with Crippen LogP contribution in [0.1, 0.15) is 10.6 Å². The lowest BCUT2D eigenvalue weighted by Crippen LogP contribution is -2.39. The summed E-state index contributed by atoms with van der Waals surface area (Å²) in [7, 11) is 0. The van der Waals surface area contributed by atoms with Gasteiger partial charge in [-0.05, 0) is 36.2 Å². The molecular weight excluding hydrogens is 378 g/mol. The van der Waals surface area contributed by atoms with E-state index in [9.17, 15) is 0 Å². The number of aromatic nitrogens is 3. The highest BCUT2D eigenvalue weighted by molar-refractivity contribution is 7.15. The van der Waals surface area contributed by atoms with Crippen molar-refractivity contribution < 1.29 is 4.74 Å². The lowest BCUT2D eigenvalue weighted by Gasteiger charge is -2.26. The van der Waals surface area contributed by atoms with Gasteiger partial charge in [0.1, 0.15) is 10.7 Å². The summed E-state index contributed by atoms with van der Waals surface area (Å²) in [6, 6.07) is 2.10. The Kier molecular flexibility index (Phi) is 5.77. The molecular formula is C19H23N5OS2. The summed E-state index contributed by atoms with van der Waals surface area (Å²) in [5.41, 5.74) is 4.13. The summed E-state index contributed by atoms with van der Waals surface area (Å²) in [5.74, 6) is 0.655. The fourth-order valence-corrected chi connectivity index (χ4v) is 4.56. The number of nitrogens with one attached hydrogen (secondary N) is 1. The van der Waals surface area contributed by atoms with Gasteiger partial charge in [-0.15, -0.1) is 11.3 Å². The summed E-state index contributed by atoms with van der Waals surface area (Å²) in [6.45, 7) is 9.53. The minimum atomic E-state index is 0.655. The summed E-state index contributed by atoms with van der Waals surface area (Å²) in [5, 5.41) is 8.52. The van der Waals surface area contributed by atoms with E-state index in [1.165, 1.54) is 4.88 Å². The number of ether oxygens (including phenoxy) is 1. The number of anilines is 1. The van der Waals surface area contributed by atoms with Gasteiger partial charge in [-0.25, -0.2) is 15.0 Å². The Balaban J connectivity index is 1.55. The molecule has 1 aliphatic heterocycles. The highest BCUT2D eigenvalue weighted by atomic mass is 32.1. The van der Waals surface area contributed by atoms with E-state index < -0.39 is 0 Å². The molecule has 0 amide bonds. The average molecular weight is 402 g/mol. The van der Waals surface area contributed by atoms with E-state index in [2.05, 4.69) is 39.0 Å². The van der Waals surface area contributed by atoms with Gasteiger partial charge in [-0.1, -0.05) is 0 Å². The van der Waals surface area contributed by atoms with Crippen LogP contribution in [0, 0.1) is 13.8 Å². The topological polar surface area (TPSA) is 63.2 Å². The van der Waals surface area contributed by atoms with Gasteiger partial charge in [-0.2, -0.15) is 11.3 Å². The van der Waals surface area contributed by atoms with Gasteiger partial charge in [0.15, 0.2) is 0 Å². The number of hydrogen-bond acceptors (Lipinski definition) is 8. The monoisotopic (exact) mass is 401 g/mol. The molecule has 0 aromatic carbocycles. The molecule has 1 saturated heterocycles. The minimum absolute atomic E-state index is 0.655. The first kappa shape index (κ1) is 18.5. The molecule has 0 bridgehead atoms. The molecule has 4 heterocycles. The lowest BCUT2D eigenvalue weighted by atomic mass is 10.1. The summed E-state index contributed by atoms with van der Waals surface area (Å²) >= 11 is 3.36. The second kappa shape index (κ2) is 8.43. The van der Waals surface area contributed by atoms with Crippen molar-refractivity contribution in [3.8, 4) is 21.8 Å². The third-order valence-corrected chi connectivity index (χ3v) is 6.43. The van der Waals surface area contributed by atoms with Crippen LogP contribution in [-0.2, 0) is 4.74 Å². The number of nitrogens with zero attached hydrogens (tertiary/aromatic N) is 4. The Morgan fingerprint density at radius 1 is 1.22 bits per heavy atom. The molecule has 0 radical (unpaired) electrons. The van der Waals surface area contributed by atoms with Crippen LogP contribution < -0.4 is 5.32 Å². The van der Waals surface area contributed by atoms with E-state index in [1.807, 2.05) is 13.1 Å². The quantitative estimate of drug-likeness (QED) is 0.680. The second-order valence-corrected chi connectivity index (χ2v) is 8.49. The number of morpholine rings is 1. The van der Waals surface area contributed by atoms with Crippen molar-refractivity contribution in [2.24, 2.45) is 0 Å². The maximum Gasteiger partial charge on any atom is 0.223 e. The first-order valence-corrected chi connectivity index (χ1v) is 10.8. The Labute approximate surface area is 167 Å². The third-order valence-electron chi connectivity index (χ3n) is 4.67. The number of thiophene rings is 1. The molecule has 0 aliphatic carbocycles. The van der Waals surface area contributed by atoms with Gasteiger partial charge in [0, 0.05) is 42.8 Å². The van der Waals surface area contributed by atoms with Crippen molar-refractivity contribution in [1.82, 2.24) is 19.9 Å². The van der Waals surface area contributed by atoms with Crippen LogP contribution in [0.15, 0.2) is 23.0 Å². The van der Waals surface area contributed by atoms with Gasteiger partial charge in [0.25, 0.3) is 0 Å². The number of hydrogen-bond donors (Lipinski definition) is 1. The molecule has 3 aromatic heterocycles. The summed E-state index contributed by atoms with van der Waals surface area (Å²) in [6.07, 6.45) is 1.91. The van der Waals surface area contributed by atoms with E-state index in [-0.39, 0.29) is 0 Å². The van der Waals surface area contributed by atoms with Gasteiger partial charge >= 0.3 is 0 Å². The van der Waals surface area contributed by atoms with Crippen LogP contribution in [-0.4, -0.2) is 59.2 Å². The maximum absolute atomic E-state index is 5.40. The molecule has 142 valence electrons. The van der Waals surface area contributed by atoms with Crippen molar-refractivity contribution >= 4 is 28.6 Å². The smallest absolute Gasteiger partial charge is 0.223 e. The predicted octanol–water partition coefficient (Wildman–Crippen LogP) is 3.69. The van der Waals surface area contributed by atoms with Crippen LogP contribution in [0.3, 0.4) is 0 Å². The standard InChI is InChI=1S/C19H23N5OS2/c1-13-14(2)27-18(22-13)17-16(15-3-10-26-12-15)11-21-19(23-17)20-4-5-24-6-8-25-9-7-24/h3,10-12H,4-9H2,1-2H3,(H,20,21,23). The molecule has 1 N–H and O–H groups in total. The van der Waals surface area contributed by atoms with Crippen molar-refractivity contribution in [2.75, 3.05) is 44.7 Å². The third kappa shape index (κ3) is 4.35. The van der Waals surface area contributed by atoms with Gasteiger partial charge in [-0.3, -0.25) is 4.90 Å². The fourth-order valence-electron chi connectivity index (χ4n) is 2.98. The first-order valence-electron chi connectivity index (χ1n) is 9.08. The van der Waals surface area contributed by atoms with E-state index in [0.717, 1.165) is 66.9 Å². The molecule has 0 unspecified atom stereocenters. The average Bonchev–Trinajstić information content (AvgIpc) is 3.33. The Hall–Kier alpha value is -1.87. The zero-order valence-electron chi connectivity index (χ0n) is 15.6. The molecule has 0 saturated carbocycles. The Bertz CT molecular complexity index is 868. The lowest BCUT2D eigenvalue weighted by molar-refractivity contribution is 0.0398. The Morgan fingerprint density at radius 3 is 2.78 bits per heavy atom. The van der Waals surface area contributed by atoms with Crippen molar-refractivity contribution in [3.63, 3.8) is 0 Å². The molecule has 0 spiro atoms. The van der Waals surface area contributed by atoms with E-state index in [0.29, 0.717) is 5.95 Å². The van der Waals surface area contributed by atoms with Crippen LogP contribution in [0.25, 0.3) is 21.8 Å². The van der Waals surface area contributed by atoms with Gasteiger partial charge in [0.2, 0.25) is 5.95 Å². The predicted molar refractivity (Wildman–Crippen MR) is 112 cm³/mol. The second-order valence-electron chi connectivity index (χ2n) is 6.51. The Morgan fingerprint density at radius 2 is 2.07 bits per heavy atom. The SMILES string of the molecule is Cc1nc(-c2nc(NCCN3CCOCC3)ncc2-c2ccsc2)sc1C. The number of rotatable bonds is 6. The van der Waals surface area contributed by atoms with Crippen LogP contribution in [0.2, 0.25) is 0 Å². The molecule has 4 rings (SSSR count). The van der Waals surface area contributed by atoms with E-state index in [4.69, 9.17) is 14.7 Å². The van der Waals surface area contributed by atoms with Crippen molar-refractivity contribution in [2.45, 2.75) is 13.8 Å². The normalized spacial score (nSPS) is 15.2. The van der Waals surface area contributed by atoms with Gasteiger partial charge < -0.3 is 10.1 Å². The van der Waals surface area contributed by atoms with Crippen molar-refractivity contribution in [1.29, 1.82) is 0 Å². The number of thiazole rings is 1.